The van der Waals surface area contributed by atoms with Crippen molar-refractivity contribution in [1.82, 2.24) is 9.44 Å². The number of esters is 4. The average Bonchev–Trinajstić information content (AvgIpc) is 3.10. The van der Waals surface area contributed by atoms with E-state index in [1.807, 2.05) is 0 Å². The van der Waals surface area contributed by atoms with Crippen LogP contribution in [0.15, 0.2) is 58.3 Å². The fourth-order valence-corrected chi connectivity index (χ4v) is 6.92. The van der Waals surface area contributed by atoms with Gasteiger partial charge in [0.1, 0.15) is 0 Å². The van der Waals surface area contributed by atoms with Crippen molar-refractivity contribution in [3.63, 3.8) is 0 Å². The fourth-order valence-electron chi connectivity index (χ4n) is 4.46. The minimum atomic E-state index is -4.20. The molecule has 52 heavy (non-hydrogen) atoms. The van der Waals surface area contributed by atoms with E-state index in [9.17, 15) is 46.2 Å². The Balaban J connectivity index is 0.000000520. The zero-order chi connectivity index (χ0) is 39.9. The molecule has 4 N–H and O–H groups in total. The molecular formula is C34H50N2O14S2. The predicted octanol–water partition coefficient (Wildman–Crippen LogP) is 1.82. The summed E-state index contributed by atoms with van der Waals surface area (Å²) in [7, 11) is -8.40. The Labute approximate surface area is 305 Å². The molecule has 0 bridgehead atoms. The Hall–Kier alpha value is -3.94. The number of nitrogens with one attached hydrogen (secondary N) is 2. The molecule has 0 fully saturated rings. The molecule has 0 aliphatic rings. The standard InChI is InChI=1S/2C17H25NO7S/c2*1-5-17(21,16(20)25-7-3)14(15(19)24-6-2)18-26(22,23)13-10-8-12(4)9-11-13/h2*8-11,14,18,21H,5-7H2,1-4H3/t2*14-,17+/m10/s1. The van der Waals surface area contributed by atoms with Gasteiger partial charge in [0.05, 0.1) is 36.2 Å². The van der Waals surface area contributed by atoms with Gasteiger partial charge in [-0.1, -0.05) is 49.2 Å². The first kappa shape index (κ1) is 46.1. The summed E-state index contributed by atoms with van der Waals surface area (Å²) in [6.07, 6.45) is -0.516. The van der Waals surface area contributed by atoms with Gasteiger partial charge in [0, 0.05) is 0 Å². The molecule has 0 unspecified atom stereocenters. The predicted molar refractivity (Wildman–Crippen MR) is 188 cm³/mol. The van der Waals surface area contributed by atoms with Gasteiger partial charge in [-0.2, -0.15) is 9.44 Å². The first-order valence-electron chi connectivity index (χ1n) is 16.5. The van der Waals surface area contributed by atoms with E-state index in [4.69, 9.17) is 18.9 Å². The molecule has 2 aromatic rings. The van der Waals surface area contributed by atoms with E-state index in [-0.39, 0.29) is 49.1 Å². The van der Waals surface area contributed by atoms with Crippen molar-refractivity contribution in [2.75, 3.05) is 26.4 Å². The van der Waals surface area contributed by atoms with E-state index in [2.05, 4.69) is 9.44 Å². The van der Waals surface area contributed by atoms with Crippen molar-refractivity contribution in [3.8, 4) is 0 Å². The second-order valence-corrected chi connectivity index (χ2v) is 14.7. The van der Waals surface area contributed by atoms with Gasteiger partial charge in [0.15, 0.2) is 23.3 Å². The molecule has 2 rings (SSSR count). The second-order valence-electron chi connectivity index (χ2n) is 11.2. The van der Waals surface area contributed by atoms with Gasteiger partial charge in [-0.05, 0) is 78.6 Å². The van der Waals surface area contributed by atoms with Crippen molar-refractivity contribution in [1.29, 1.82) is 0 Å². The van der Waals surface area contributed by atoms with Gasteiger partial charge in [-0.3, -0.25) is 9.59 Å². The van der Waals surface area contributed by atoms with Gasteiger partial charge in [0.25, 0.3) is 0 Å². The summed E-state index contributed by atoms with van der Waals surface area (Å²) < 4.78 is 74.0. The lowest BCUT2D eigenvalue weighted by Gasteiger charge is -2.31. The van der Waals surface area contributed by atoms with Crippen molar-refractivity contribution in [2.45, 2.75) is 101 Å². The van der Waals surface area contributed by atoms with Crippen LogP contribution in [0.1, 0.15) is 65.5 Å². The molecule has 0 aliphatic carbocycles. The first-order chi connectivity index (χ1) is 24.2. The summed E-state index contributed by atoms with van der Waals surface area (Å²) in [5.74, 6) is -4.35. The molecule has 0 spiro atoms. The Morgan fingerprint density at radius 2 is 0.827 bits per heavy atom. The Kier molecular flexibility index (Phi) is 18.0. The zero-order valence-corrected chi connectivity index (χ0v) is 32.3. The number of carbonyl (C=O) groups is 4. The number of aryl methyl sites for hydroxylation is 2. The number of rotatable bonds is 18. The number of hydrogen-bond acceptors (Lipinski definition) is 14. The Bertz CT molecular complexity index is 1590. The summed E-state index contributed by atoms with van der Waals surface area (Å²) in [6.45, 7) is 12.4. The molecule has 0 aromatic heterocycles. The summed E-state index contributed by atoms with van der Waals surface area (Å²) in [5, 5.41) is 21.5. The highest BCUT2D eigenvalue weighted by atomic mass is 32.2. The third kappa shape index (κ3) is 12.1. The molecule has 2 aromatic carbocycles. The SMILES string of the molecule is CCOC(=O)[C@@H](NS(=O)(=O)c1ccc(C)cc1)[C@@](O)(CC)C(=O)OCC.CCOC(=O)[C@H](NS(=O)(=O)c1ccc(C)cc1)[C@](O)(CC)C(=O)OCC. The molecular weight excluding hydrogens is 725 g/mol. The van der Waals surface area contributed by atoms with Gasteiger partial charge < -0.3 is 29.2 Å². The molecule has 0 radical (unpaired) electrons. The van der Waals surface area contributed by atoms with E-state index in [1.54, 1.807) is 38.1 Å². The topological polar surface area (TPSA) is 238 Å². The van der Waals surface area contributed by atoms with Crippen LogP contribution in [-0.4, -0.2) is 101 Å². The van der Waals surface area contributed by atoms with Crippen LogP contribution in [0.25, 0.3) is 0 Å². The van der Waals surface area contributed by atoms with E-state index in [0.29, 0.717) is 0 Å². The van der Waals surface area contributed by atoms with Crippen molar-refractivity contribution in [2.24, 2.45) is 0 Å². The largest absolute Gasteiger partial charge is 0.465 e. The van der Waals surface area contributed by atoms with Crippen LogP contribution in [0, 0.1) is 13.8 Å². The Morgan fingerprint density at radius 3 is 1.06 bits per heavy atom. The summed E-state index contributed by atoms with van der Waals surface area (Å²) in [5.41, 5.74) is -3.11. The van der Waals surface area contributed by atoms with E-state index >= 15 is 0 Å². The smallest absolute Gasteiger partial charge is 0.340 e. The number of benzene rings is 2. The van der Waals surface area contributed by atoms with Crippen LogP contribution in [0.2, 0.25) is 0 Å². The summed E-state index contributed by atoms with van der Waals surface area (Å²) in [6, 6.07) is 8.08. The van der Waals surface area contributed by atoms with Gasteiger partial charge in [-0.15, -0.1) is 0 Å². The highest BCUT2D eigenvalue weighted by molar-refractivity contribution is 7.89. The van der Waals surface area contributed by atoms with Crippen LogP contribution < -0.4 is 9.44 Å². The van der Waals surface area contributed by atoms with E-state index in [0.717, 1.165) is 11.1 Å². The monoisotopic (exact) mass is 774 g/mol. The lowest BCUT2D eigenvalue weighted by atomic mass is 9.92. The lowest BCUT2D eigenvalue weighted by Crippen LogP contribution is -2.61. The fraction of sp³-hybridized carbons (Fsp3) is 0.529. The minimum Gasteiger partial charge on any atom is -0.465 e. The maximum absolute atomic E-state index is 12.6. The van der Waals surface area contributed by atoms with Gasteiger partial charge in [0.2, 0.25) is 20.0 Å². The molecule has 0 amide bonds. The molecule has 0 saturated heterocycles. The van der Waals surface area contributed by atoms with Crippen molar-refractivity contribution >= 4 is 43.9 Å². The average molecular weight is 775 g/mol. The van der Waals surface area contributed by atoms with Crippen molar-refractivity contribution < 1.29 is 65.2 Å². The molecule has 292 valence electrons. The van der Waals surface area contributed by atoms with E-state index < -0.39 is 67.2 Å². The van der Waals surface area contributed by atoms with Crippen LogP contribution >= 0.6 is 0 Å². The molecule has 0 saturated carbocycles. The quantitative estimate of drug-likeness (QED) is 0.125. The number of aliphatic hydroxyl groups is 2. The highest BCUT2D eigenvalue weighted by Gasteiger charge is 2.52. The maximum atomic E-state index is 12.6. The lowest BCUT2D eigenvalue weighted by molar-refractivity contribution is -0.176. The number of sulfonamides is 2. The highest BCUT2D eigenvalue weighted by Crippen LogP contribution is 2.24. The van der Waals surface area contributed by atoms with Crippen LogP contribution in [0.5, 0.6) is 0 Å². The number of hydrogen-bond donors (Lipinski definition) is 4. The molecule has 0 heterocycles. The second kappa shape index (κ2) is 20.3. The number of carbonyl (C=O) groups excluding carboxylic acids is 4. The molecule has 0 aliphatic heterocycles. The van der Waals surface area contributed by atoms with Crippen molar-refractivity contribution in [3.05, 3.63) is 59.7 Å². The Morgan fingerprint density at radius 1 is 0.558 bits per heavy atom. The molecule has 16 nitrogen and oxygen atoms in total. The third-order valence-corrected chi connectivity index (χ3v) is 10.4. The van der Waals surface area contributed by atoms with Gasteiger partial charge in [-0.25, -0.2) is 26.4 Å². The van der Waals surface area contributed by atoms with Crippen LogP contribution in [0.4, 0.5) is 0 Å². The maximum Gasteiger partial charge on any atom is 0.340 e. The molecule has 18 heteroatoms. The normalized spacial score (nSPS) is 15.0. The first-order valence-corrected chi connectivity index (χ1v) is 19.5. The van der Waals surface area contributed by atoms with Gasteiger partial charge >= 0.3 is 23.9 Å². The molecule has 4 atom stereocenters. The zero-order valence-electron chi connectivity index (χ0n) is 30.6. The number of ether oxygens (including phenoxy) is 4. The summed E-state index contributed by atoms with van der Waals surface area (Å²) in [4.78, 5) is 48.8. The van der Waals surface area contributed by atoms with Crippen LogP contribution in [-0.2, 0) is 58.2 Å². The van der Waals surface area contributed by atoms with Crippen LogP contribution in [0.3, 0.4) is 0 Å². The van der Waals surface area contributed by atoms with E-state index in [1.165, 1.54) is 65.8 Å². The minimum absolute atomic E-state index is 0.0403. The third-order valence-electron chi connectivity index (χ3n) is 7.54. The summed E-state index contributed by atoms with van der Waals surface area (Å²) >= 11 is 0.